The number of aromatic hydroxyl groups is 2. The lowest BCUT2D eigenvalue weighted by molar-refractivity contribution is 0.0693. The Morgan fingerprint density at radius 2 is 1.72 bits per heavy atom. The molecule has 1 aromatic carbocycles. The van der Waals surface area contributed by atoms with E-state index in [0.29, 0.717) is 11.2 Å². The average molecular weight is 348 g/mol. The summed E-state index contributed by atoms with van der Waals surface area (Å²) in [5.41, 5.74) is -0.121. The molecule has 3 N–H and O–H groups in total. The minimum Gasteiger partial charge on any atom is -0.508 e. The Kier molecular flexibility index (Phi) is 4.63. The Morgan fingerprint density at radius 1 is 1.08 bits per heavy atom. The highest BCUT2D eigenvalue weighted by Crippen LogP contribution is 2.21. The summed E-state index contributed by atoms with van der Waals surface area (Å²) in [4.78, 5) is 37.5. The highest BCUT2D eigenvalue weighted by molar-refractivity contribution is 5.91. The van der Waals surface area contributed by atoms with Crippen LogP contribution < -0.4 is 11.2 Å². The monoisotopic (exact) mass is 348 g/mol. The van der Waals surface area contributed by atoms with Crippen molar-refractivity contribution in [3.05, 3.63) is 50.9 Å². The van der Waals surface area contributed by atoms with Crippen LogP contribution in [0.2, 0.25) is 0 Å². The summed E-state index contributed by atoms with van der Waals surface area (Å²) in [5.74, 6) is -1.80. The van der Waals surface area contributed by atoms with Gasteiger partial charge in [0.1, 0.15) is 17.1 Å². The first-order valence-corrected chi connectivity index (χ1v) is 6.97. The van der Waals surface area contributed by atoms with Crippen LogP contribution in [-0.4, -0.2) is 40.0 Å². The lowest BCUT2D eigenvalue weighted by Gasteiger charge is -2.02. The second-order valence-electron chi connectivity index (χ2n) is 5.24. The third-order valence-electron chi connectivity index (χ3n) is 3.53. The summed E-state index contributed by atoms with van der Waals surface area (Å²) in [6, 6.07) is 3.32. The fraction of sp³-hybridized carbons (Fsp3) is 0.200. The van der Waals surface area contributed by atoms with E-state index in [0.717, 1.165) is 16.7 Å². The van der Waals surface area contributed by atoms with Gasteiger partial charge in [0.2, 0.25) is 0 Å². The maximum Gasteiger partial charge on any atom is 0.339 e. The highest BCUT2D eigenvalue weighted by Gasteiger charge is 2.11. The molecule has 0 unspecified atom stereocenters. The number of phenols is 2. The molecule has 0 fully saturated rings. The molecule has 0 amide bonds. The number of rotatable bonds is 1. The van der Waals surface area contributed by atoms with Gasteiger partial charge in [-0.05, 0) is 18.2 Å². The van der Waals surface area contributed by atoms with E-state index < -0.39 is 5.97 Å². The zero-order valence-corrected chi connectivity index (χ0v) is 13.7. The van der Waals surface area contributed by atoms with Gasteiger partial charge in [0.25, 0.3) is 5.56 Å². The normalized spacial score (nSPS) is 10.4. The molecule has 10 nitrogen and oxygen atoms in total. The van der Waals surface area contributed by atoms with Crippen LogP contribution in [0.5, 0.6) is 11.5 Å². The molecule has 0 radical (unpaired) electrons. The van der Waals surface area contributed by atoms with E-state index >= 15 is 0 Å². The van der Waals surface area contributed by atoms with Gasteiger partial charge in [-0.25, -0.2) is 14.6 Å². The first kappa shape index (κ1) is 17.8. The van der Waals surface area contributed by atoms with Crippen molar-refractivity contribution in [1.82, 2.24) is 18.7 Å². The Bertz CT molecular complexity index is 1080. The lowest BCUT2D eigenvalue weighted by Crippen LogP contribution is -2.37. The number of carbonyl (C=O) groups is 1. The molecular weight excluding hydrogens is 332 g/mol. The standard InChI is InChI=1S/C8H10N4O2.C7H6O4/c1-10-4-9-6-5(10)7(13)12(3)8(14)11(6)2;8-4-1-2-6(9)5(3-4)7(10)11/h4H,1-3H3;1-3,8-9H,(H,10,11). The molecule has 0 saturated heterocycles. The molecule has 0 spiro atoms. The minimum atomic E-state index is -1.27. The summed E-state index contributed by atoms with van der Waals surface area (Å²) in [5, 5.41) is 26.1. The predicted octanol–water partition coefficient (Wildman–Crippen LogP) is -0.233. The van der Waals surface area contributed by atoms with Crippen LogP contribution in [0.3, 0.4) is 0 Å². The van der Waals surface area contributed by atoms with E-state index in [-0.39, 0.29) is 28.3 Å². The van der Waals surface area contributed by atoms with Crippen LogP contribution in [0, 0.1) is 0 Å². The van der Waals surface area contributed by atoms with Crippen LogP contribution in [0.1, 0.15) is 10.4 Å². The van der Waals surface area contributed by atoms with Crippen LogP contribution in [0.15, 0.2) is 34.1 Å². The van der Waals surface area contributed by atoms with Gasteiger partial charge in [-0.3, -0.25) is 13.9 Å². The predicted molar refractivity (Wildman–Crippen MR) is 87.9 cm³/mol. The van der Waals surface area contributed by atoms with Crippen molar-refractivity contribution < 1.29 is 20.1 Å². The van der Waals surface area contributed by atoms with Gasteiger partial charge in [-0.2, -0.15) is 0 Å². The summed E-state index contributed by atoms with van der Waals surface area (Å²) < 4.78 is 4.04. The van der Waals surface area contributed by atoms with Crippen molar-refractivity contribution in [2.45, 2.75) is 0 Å². The van der Waals surface area contributed by atoms with Crippen LogP contribution in [0.4, 0.5) is 0 Å². The molecule has 0 bridgehead atoms. The lowest BCUT2D eigenvalue weighted by atomic mass is 10.2. The Balaban J connectivity index is 0.000000186. The fourth-order valence-electron chi connectivity index (χ4n) is 2.17. The smallest absolute Gasteiger partial charge is 0.339 e. The minimum absolute atomic E-state index is 0.180. The van der Waals surface area contributed by atoms with Gasteiger partial charge in [-0.1, -0.05) is 0 Å². The molecule has 132 valence electrons. The number of carboxylic acids is 1. The molecule has 2 aromatic heterocycles. The van der Waals surface area contributed by atoms with E-state index in [1.54, 1.807) is 18.7 Å². The molecule has 3 rings (SSSR count). The molecule has 0 aliphatic carbocycles. The third-order valence-corrected chi connectivity index (χ3v) is 3.53. The Labute approximate surface area is 140 Å². The van der Waals surface area contributed by atoms with E-state index in [1.807, 2.05) is 0 Å². The summed E-state index contributed by atoms with van der Waals surface area (Å²) in [6.07, 6.45) is 1.52. The molecule has 0 aliphatic rings. The van der Waals surface area contributed by atoms with Crippen molar-refractivity contribution in [3.8, 4) is 11.5 Å². The number of aromatic carboxylic acids is 1. The van der Waals surface area contributed by atoms with Gasteiger partial charge in [-0.15, -0.1) is 0 Å². The molecule has 3 aromatic rings. The maximum absolute atomic E-state index is 11.7. The average Bonchev–Trinajstić information content (AvgIpc) is 2.95. The number of phenolic OH excluding ortho intramolecular Hbond substituents is 1. The zero-order chi connectivity index (χ0) is 18.9. The van der Waals surface area contributed by atoms with Gasteiger partial charge < -0.3 is 19.9 Å². The molecule has 10 heteroatoms. The number of hydrogen-bond donors (Lipinski definition) is 3. The zero-order valence-electron chi connectivity index (χ0n) is 13.7. The van der Waals surface area contributed by atoms with E-state index in [2.05, 4.69) is 4.98 Å². The van der Waals surface area contributed by atoms with Gasteiger partial charge >= 0.3 is 11.7 Å². The SMILES string of the molecule is Cn1c(=O)c2c(ncn2C)n(C)c1=O.O=C(O)c1cc(O)ccc1O. The molecular formula is C15H16N4O6. The molecule has 0 saturated carbocycles. The number of benzene rings is 1. The highest BCUT2D eigenvalue weighted by atomic mass is 16.4. The molecule has 0 atom stereocenters. The first-order chi connectivity index (χ1) is 11.6. The second kappa shape index (κ2) is 6.51. The van der Waals surface area contributed by atoms with Gasteiger partial charge in [0.15, 0.2) is 11.2 Å². The fourth-order valence-corrected chi connectivity index (χ4v) is 2.17. The van der Waals surface area contributed by atoms with Crippen molar-refractivity contribution in [2.24, 2.45) is 21.1 Å². The number of carboxylic acid groups (broad SMARTS) is 1. The summed E-state index contributed by atoms with van der Waals surface area (Å²) in [6.45, 7) is 0. The van der Waals surface area contributed by atoms with E-state index in [4.69, 9.17) is 15.3 Å². The van der Waals surface area contributed by atoms with Crippen molar-refractivity contribution >= 4 is 17.1 Å². The number of aryl methyl sites for hydroxylation is 2. The number of imidazole rings is 1. The van der Waals surface area contributed by atoms with Crippen molar-refractivity contribution in [1.29, 1.82) is 0 Å². The van der Waals surface area contributed by atoms with Crippen molar-refractivity contribution in [2.75, 3.05) is 0 Å². The number of fused-ring (bicyclic) bond motifs is 1. The second-order valence-corrected chi connectivity index (χ2v) is 5.24. The van der Waals surface area contributed by atoms with Crippen LogP contribution in [-0.2, 0) is 21.1 Å². The summed E-state index contributed by atoms with van der Waals surface area (Å²) >= 11 is 0. The van der Waals surface area contributed by atoms with Crippen LogP contribution in [0.25, 0.3) is 11.2 Å². The Hall–Kier alpha value is -3.56. The van der Waals surface area contributed by atoms with E-state index in [1.165, 1.54) is 24.0 Å². The topological polar surface area (TPSA) is 140 Å². The van der Waals surface area contributed by atoms with E-state index in [9.17, 15) is 14.4 Å². The molecule has 2 heterocycles. The van der Waals surface area contributed by atoms with Crippen molar-refractivity contribution in [3.63, 3.8) is 0 Å². The van der Waals surface area contributed by atoms with Crippen LogP contribution >= 0.6 is 0 Å². The largest absolute Gasteiger partial charge is 0.508 e. The van der Waals surface area contributed by atoms with Gasteiger partial charge in [0.05, 0.1) is 6.33 Å². The maximum atomic E-state index is 11.7. The number of aromatic nitrogens is 4. The van der Waals surface area contributed by atoms with Gasteiger partial charge in [0, 0.05) is 21.1 Å². The Morgan fingerprint density at radius 3 is 2.28 bits per heavy atom. The third kappa shape index (κ3) is 3.22. The summed E-state index contributed by atoms with van der Waals surface area (Å²) in [7, 11) is 4.77. The number of hydrogen-bond acceptors (Lipinski definition) is 6. The first-order valence-electron chi connectivity index (χ1n) is 6.97. The molecule has 25 heavy (non-hydrogen) atoms. The quantitative estimate of drug-likeness (QED) is 0.516. The number of nitrogens with zero attached hydrogens (tertiary/aromatic N) is 4. The molecule has 0 aliphatic heterocycles.